The molecule has 2 aliphatic carbocycles. The number of hydrogen-bond acceptors (Lipinski definition) is 3. The van der Waals surface area contributed by atoms with Crippen LogP contribution in [0.5, 0.6) is 0 Å². The van der Waals surface area contributed by atoms with Gasteiger partial charge in [0.15, 0.2) is 0 Å². The minimum absolute atomic E-state index is 0.500. The van der Waals surface area contributed by atoms with Crippen LogP contribution in [0, 0.1) is 0 Å². The zero-order valence-corrected chi connectivity index (χ0v) is 9.28. The lowest BCUT2D eigenvalue weighted by atomic mass is 10.5. The highest BCUT2D eigenvalue weighted by molar-refractivity contribution is 5.80. The molecule has 0 unspecified atom stereocenters. The average Bonchev–Trinajstić information content (AvgIpc) is 3.10. The van der Waals surface area contributed by atoms with Gasteiger partial charge in [-0.25, -0.2) is 10.8 Å². The van der Waals surface area contributed by atoms with Crippen LogP contribution in [0.1, 0.15) is 25.7 Å². The molecule has 0 bridgehead atoms. The van der Waals surface area contributed by atoms with Crippen LogP contribution >= 0.6 is 0 Å². The molecule has 0 saturated heterocycles. The van der Waals surface area contributed by atoms with Gasteiger partial charge in [-0.15, -0.1) is 0 Å². The van der Waals surface area contributed by atoms with Gasteiger partial charge in [0.2, 0.25) is 5.96 Å². The maximum absolute atomic E-state index is 5.52. The predicted octanol–water partition coefficient (Wildman–Crippen LogP) is 0.0789. The number of guanidine groups is 1. The van der Waals surface area contributed by atoms with E-state index in [2.05, 4.69) is 15.3 Å². The molecule has 0 spiro atoms. The van der Waals surface area contributed by atoms with E-state index in [-0.39, 0.29) is 0 Å². The van der Waals surface area contributed by atoms with Crippen molar-refractivity contribution in [3.63, 3.8) is 0 Å². The highest BCUT2D eigenvalue weighted by Crippen LogP contribution is 2.28. The molecule has 0 aromatic heterocycles. The number of ether oxygens (including phenoxy) is 1. The minimum Gasteiger partial charge on any atom is -0.383 e. The van der Waals surface area contributed by atoms with Crippen LogP contribution in [0.25, 0.3) is 0 Å². The second-order valence-corrected chi connectivity index (χ2v) is 4.25. The molecule has 0 amide bonds. The molecule has 86 valence electrons. The van der Waals surface area contributed by atoms with Gasteiger partial charge in [-0.05, 0) is 25.7 Å². The van der Waals surface area contributed by atoms with Crippen molar-refractivity contribution in [3.05, 3.63) is 0 Å². The summed E-state index contributed by atoms with van der Waals surface area (Å²) in [5.41, 5.74) is 2.72. The van der Waals surface area contributed by atoms with E-state index in [0.717, 1.165) is 19.1 Å². The fourth-order valence-electron chi connectivity index (χ4n) is 1.61. The Morgan fingerprint density at radius 1 is 1.47 bits per heavy atom. The first-order chi connectivity index (χ1) is 7.35. The molecule has 0 aromatic carbocycles. The first-order valence-corrected chi connectivity index (χ1v) is 5.65. The highest BCUT2D eigenvalue weighted by Gasteiger charge is 2.32. The smallest absolute Gasteiger partial charge is 0.209 e. The van der Waals surface area contributed by atoms with E-state index in [9.17, 15) is 0 Å². The summed E-state index contributed by atoms with van der Waals surface area (Å²) in [5, 5.41) is 0. The lowest BCUT2D eigenvalue weighted by molar-refractivity contribution is 0.172. The van der Waals surface area contributed by atoms with Crippen LogP contribution in [-0.4, -0.2) is 43.2 Å². The molecule has 5 heteroatoms. The zero-order valence-electron chi connectivity index (χ0n) is 9.28. The van der Waals surface area contributed by atoms with E-state index < -0.39 is 0 Å². The number of methoxy groups -OCH3 is 1. The van der Waals surface area contributed by atoms with Gasteiger partial charge in [0.25, 0.3) is 0 Å². The second kappa shape index (κ2) is 4.81. The van der Waals surface area contributed by atoms with Crippen molar-refractivity contribution in [1.82, 2.24) is 10.3 Å². The average molecular weight is 212 g/mol. The molecule has 3 N–H and O–H groups in total. The number of nitrogens with zero attached hydrogens (tertiary/aromatic N) is 2. The number of aliphatic imine (C=N–C) groups is 1. The second-order valence-electron chi connectivity index (χ2n) is 4.25. The van der Waals surface area contributed by atoms with E-state index >= 15 is 0 Å². The SMILES string of the molecule is COCCN(C(=NC1CC1)NN)C1CC1. The van der Waals surface area contributed by atoms with E-state index in [1.165, 1.54) is 25.7 Å². The Kier molecular flexibility index (Phi) is 3.43. The number of hydrazine groups is 1. The zero-order chi connectivity index (χ0) is 10.7. The fourth-order valence-corrected chi connectivity index (χ4v) is 1.61. The van der Waals surface area contributed by atoms with Crippen molar-refractivity contribution in [1.29, 1.82) is 0 Å². The van der Waals surface area contributed by atoms with Gasteiger partial charge < -0.3 is 9.64 Å². The number of hydrogen-bond donors (Lipinski definition) is 2. The molecule has 0 aliphatic heterocycles. The number of rotatable bonds is 5. The normalized spacial score (nSPS) is 21.6. The molecule has 0 atom stereocenters. The fraction of sp³-hybridized carbons (Fsp3) is 0.900. The Labute approximate surface area is 90.6 Å². The van der Waals surface area contributed by atoms with Gasteiger partial charge in [0.05, 0.1) is 12.6 Å². The van der Waals surface area contributed by atoms with E-state index in [1.807, 2.05) is 0 Å². The van der Waals surface area contributed by atoms with Gasteiger partial charge in [0, 0.05) is 19.7 Å². The largest absolute Gasteiger partial charge is 0.383 e. The summed E-state index contributed by atoms with van der Waals surface area (Å²) in [4.78, 5) is 6.81. The quantitative estimate of drug-likeness (QED) is 0.293. The maximum atomic E-state index is 5.52. The lowest BCUT2D eigenvalue weighted by Gasteiger charge is -2.25. The predicted molar refractivity (Wildman–Crippen MR) is 59.4 cm³/mol. The molecule has 15 heavy (non-hydrogen) atoms. The van der Waals surface area contributed by atoms with Gasteiger partial charge in [-0.1, -0.05) is 0 Å². The molecule has 2 saturated carbocycles. The van der Waals surface area contributed by atoms with Crippen LogP contribution in [-0.2, 0) is 4.74 Å². The Morgan fingerprint density at radius 3 is 2.67 bits per heavy atom. The number of nitrogens with one attached hydrogen (secondary N) is 1. The molecular formula is C10H20N4O. The van der Waals surface area contributed by atoms with Crippen LogP contribution in [0.3, 0.4) is 0 Å². The molecule has 2 rings (SSSR count). The summed E-state index contributed by atoms with van der Waals surface area (Å²) >= 11 is 0. The summed E-state index contributed by atoms with van der Waals surface area (Å²) in [6, 6.07) is 1.12. The number of nitrogens with two attached hydrogens (primary N) is 1. The summed E-state index contributed by atoms with van der Waals surface area (Å²) in [5.74, 6) is 6.37. The van der Waals surface area contributed by atoms with Gasteiger partial charge in [0.1, 0.15) is 0 Å². The molecular weight excluding hydrogens is 192 g/mol. The molecule has 0 heterocycles. The summed E-state index contributed by atoms with van der Waals surface area (Å²) in [7, 11) is 1.72. The Hall–Kier alpha value is -0.810. The first-order valence-electron chi connectivity index (χ1n) is 5.65. The summed E-state index contributed by atoms with van der Waals surface area (Å²) < 4.78 is 5.10. The van der Waals surface area contributed by atoms with Crippen LogP contribution in [0.4, 0.5) is 0 Å². The van der Waals surface area contributed by atoms with Gasteiger partial charge >= 0.3 is 0 Å². The van der Waals surface area contributed by atoms with Crippen molar-refractivity contribution in [2.24, 2.45) is 10.8 Å². The standard InChI is InChI=1S/C10H20N4O/c1-15-7-6-14(9-4-5-9)10(13-11)12-8-2-3-8/h8-9H,2-7,11H2,1H3,(H,12,13). The Morgan fingerprint density at radius 2 is 2.20 bits per heavy atom. The van der Waals surface area contributed by atoms with Crippen molar-refractivity contribution in [3.8, 4) is 0 Å². The molecule has 0 radical (unpaired) electrons. The third-order valence-electron chi connectivity index (χ3n) is 2.78. The van der Waals surface area contributed by atoms with Gasteiger partial charge in [-0.2, -0.15) is 0 Å². The van der Waals surface area contributed by atoms with E-state index in [1.54, 1.807) is 7.11 Å². The third kappa shape index (κ3) is 3.07. The third-order valence-corrected chi connectivity index (χ3v) is 2.78. The topological polar surface area (TPSA) is 62.9 Å². The molecule has 2 fully saturated rings. The van der Waals surface area contributed by atoms with Crippen molar-refractivity contribution in [2.75, 3.05) is 20.3 Å². The van der Waals surface area contributed by atoms with Crippen LogP contribution in [0.15, 0.2) is 4.99 Å². The highest BCUT2D eigenvalue weighted by atomic mass is 16.5. The van der Waals surface area contributed by atoms with Crippen molar-refractivity contribution >= 4 is 5.96 Å². The molecule has 0 aromatic rings. The molecule has 2 aliphatic rings. The Balaban J connectivity index is 1.93. The molecule has 5 nitrogen and oxygen atoms in total. The minimum atomic E-state index is 0.500. The van der Waals surface area contributed by atoms with Crippen molar-refractivity contribution < 1.29 is 4.74 Å². The lowest BCUT2D eigenvalue weighted by Crippen LogP contribution is -2.47. The monoisotopic (exact) mass is 212 g/mol. The van der Waals surface area contributed by atoms with Crippen LogP contribution < -0.4 is 11.3 Å². The van der Waals surface area contributed by atoms with E-state index in [0.29, 0.717) is 12.1 Å². The van der Waals surface area contributed by atoms with Crippen LogP contribution in [0.2, 0.25) is 0 Å². The summed E-state index contributed by atoms with van der Waals surface area (Å²) in [6.07, 6.45) is 4.89. The van der Waals surface area contributed by atoms with Gasteiger partial charge in [-0.3, -0.25) is 5.43 Å². The van der Waals surface area contributed by atoms with Crippen molar-refractivity contribution in [2.45, 2.75) is 37.8 Å². The maximum Gasteiger partial charge on any atom is 0.209 e. The summed E-state index contributed by atoms with van der Waals surface area (Å²) in [6.45, 7) is 1.60. The van der Waals surface area contributed by atoms with E-state index in [4.69, 9.17) is 10.6 Å². The Bertz CT molecular complexity index is 236. The first kappa shape index (κ1) is 10.7.